The molecule has 0 aliphatic heterocycles. The van der Waals surface area contributed by atoms with Gasteiger partial charge in [0.15, 0.2) is 0 Å². The van der Waals surface area contributed by atoms with E-state index in [4.69, 9.17) is 4.74 Å². The SMILES string of the molecule is CCNc1cc(OCCCN(C)C)nc(C(C)(C)C)n1. The zero-order chi connectivity index (χ0) is 15.2. The number of nitrogens with one attached hydrogen (secondary N) is 1. The zero-order valence-electron chi connectivity index (χ0n) is 13.7. The van der Waals surface area contributed by atoms with E-state index in [0.717, 1.165) is 31.2 Å². The minimum atomic E-state index is -0.0901. The molecule has 1 heterocycles. The molecule has 1 aromatic rings. The fourth-order valence-corrected chi connectivity index (χ4v) is 1.66. The normalized spacial score (nSPS) is 11.8. The molecule has 0 unspecified atom stereocenters. The van der Waals surface area contributed by atoms with Crippen LogP contribution in [0.15, 0.2) is 6.07 Å². The van der Waals surface area contributed by atoms with Crippen molar-refractivity contribution in [1.29, 1.82) is 0 Å². The van der Waals surface area contributed by atoms with Gasteiger partial charge >= 0.3 is 0 Å². The smallest absolute Gasteiger partial charge is 0.218 e. The number of rotatable bonds is 7. The lowest BCUT2D eigenvalue weighted by molar-refractivity contribution is 0.271. The summed E-state index contributed by atoms with van der Waals surface area (Å²) < 4.78 is 5.76. The summed E-state index contributed by atoms with van der Waals surface area (Å²) in [5.41, 5.74) is -0.0901. The van der Waals surface area contributed by atoms with E-state index in [1.807, 2.05) is 6.07 Å². The molecule has 20 heavy (non-hydrogen) atoms. The lowest BCUT2D eigenvalue weighted by Crippen LogP contribution is -2.19. The maximum Gasteiger partial charge on any atom is 0.218 e. The number of anilines is 1. The van der Waals surface area contributed by atoms with E-state index in [-0.39, 0.29) is 5.41 Å². The molecule has 0 saturated carbocycles. The van der Waals surface area contributed by atoms with Crippen LogP contribution in [-0.2, 0) is 5.41 Å². The van der Waals surface area contributed by atoms with Crippen molar-refractivity contribution in [3.05, 3.63) is 11.9 Å². The Labute approximate surface area is 122 Å². The molecule has 0 amide bonds. The molecule has 0 radical (unpaired) electrons. The molecule has 1 rings (SSSR count). The molecule has 0 spiro atoms. The average Bonchev–Trinajstić information content (AvgIpc) is 2.33. The highest BCUT2D eigenvalue weighted by atomic mass is 16.5. The van der Waals surface area contributed by atoms with Crippen molar-refractivity contribution in [1.82, 2.24) is 14.9 Å². The van der Waals surface area contributed by atoms with E-state index < -0.39 is 0 Å². The summed E-state index contributed by atoms with van der Waals surface area (Å²) >= 11 is 0. The van der Waals surface area contributed by atoms with Gasteiger partial charge in [-0.05, 0) is 27.4 Å². The molecule has 0 saturated heterocycles. The molecule has 5 heteroatoms. The van der Waals surface area contributed by atoms with Gasteiger partial charge in [0.25, 0.3) is 0 Å². The minimum absolute atomic E-state index is 0.0901. The Balaban J connectivity index is 2.76. The molecule has 0 aliphatic carbocycles. The Kier molecular flexibility index (Phi) is 6.20. The monoisotopic (exact) mass is 280 g/mol. The van der Waals surface area contributed by atoms with E-state index in [0.29, 0.717) is 12.5 Å². The average molecular weight is 280 g/mol. The van der Waals surface area contributed by atoms with E-state index in [1.165, 1.54) is 0 Å². The number of ether oxygens (including phenoxy) is 1. The molecular weight excluding hydrogens is 252 g/mol. The zero-order valence-corrected chi connectivity index (χ0v) is 13.7. The van der Waals surface area contributed by atoms with Crippen LogP contribution in [0.25, 0.3) is 0 Å². The van der Waals surface area contributed by atoms with Gasteiger partial charge in [-0.25, -0.2) is 4.98 Å². The van der Waals surface area contributed by atoms with Gasteiger partial charge in [-0.1, -0.05) is 20.8 Å². The summed E-state index contributed by atoms with van der Waals surface area (Å²) in [6, 6.07) is 1.87. The predicted octanol–water partition coefficient (Wildman–Crippen LogP) is 2.54. The van der Waals surface area contributed by atoms with Crippen LogP contribution >= 0.6 is 0 Å². The summed E-state index contributed by atoms with van der Waals surface area (Å²) in [5.74, 6) is 2.29. The molecule has 0 bridgehead atoms. The highest BCUT2D eigenvalue weighted by Crippen LogP contribution is 2.23. The highest BCUT2D eigenvalue weighted by Gasteiger charge is 2.19. The van der Waals surface area contributed by atoms with Crippen molar-refractivity contribution in [3.8, 4) is 5.88 Å². The van der Waals surface area contributed by atoms with Gasteiger partial charge in [-0.2, -0.15) is 4.98 Å². The summed E-state index contributed by atoms with van der Waals surface area (Å²) in [4.78, 5) is 11.2. The van der Waals surface area contributed by atoms with Crippen molar-refractivity contribution in [2.24, 2.45) is 0 Å². The van der Waals surface area contributed by atoms with Crippen LogP contribution in [0, 0.1) is 0 Å². The number of aromatic nitrogens is 2. The summed E-state index contributed by atoms with van der Waals surface area (Å²) in [7, 11) is 4.12. The van der Waals surface area contributed by atoms with Gasteiger partial charge in [0, 0.05) is 24.6 Å². The minimum Gasteiger partial charge on any atom is -0.477 e. The second kappa shape index (κ2) is 7.43. The van der Waals surface area contributed by atoms with Crippen LogP contribution in [0.1, 0.15) is 39.9 Å². The largest absolute Gasteiger partial charge is 0.477 e. The van der Waals surface area contributed by atoms with E-state index in [9.17, 15) is 0 Å². The van der Waals surface area contributed by atoms with Gasteiger partial charge in [-0.3, -0.25) is 0 Å². The lowest BCUT2D eigenvalue weighted by atomic mass is 9.96. The van der Waals surface area contributed by atoms with Crippen LogP contribution in [0.4, 0.5) is 5.82 Å². The first kappa shape index (κ1) is 16.7. The van der Waals surface area contributed by atoms with Gasteiger partial charge < -0.3 is 15.0 Å². The molecule has 114 valence electrons. The first-order valence-electron chi connectivity index (χ1n) is 7.24. The van der Waals surface area contributed by atoms with Crippen molar-refractivity contribution in [3.63, 3.8) is 0 Å². The molecule has 0 atom stereocenters. The molecular formula is C15H28N4O. The van der Waals surface area contributed by atoms with E-state index >= 15 is 0 Å². The molecule has 1 N–H and O–H groups in total. The van der Waals surface area contributed by atoms with Crippen LogP contribution in [-0.4, -0.2) is 48.7 Å². The Morgan fingerprint density at radius 3 is 2.50 bits per heavy atom. The number of hydrogen-bond acceptors (Lipinski definition) is 5. The Morgan fingerprint density at radius 1 is 1.25 bits per heavy atom. The first-order valence-corrected chi connectivity index (χ1v) is 7.24. The molecule has 5 nitrogen and oxygen atoms in total. The molecule has 1 aromatic heterocycles. The van der Waals surface area contributed by atoms with Crippen LogP contribution in [0.3, 0.4) is 0 Å². The molecule has 0 aliphatic rings. The summed E-state index contributed by atoms with van der Waals surface area (Å²) in [6.07, 6.45) is 0.985. The third-order valence-electron chi connectivity index (χ3n) is 2.73. The third-order valence-corrected chi connectivity index (χ3v) is 2.73. The van der Waals surface area contributed by atoms with E-state index in [2.05, 4.69) is 62.0 Å². The predicted molar refractivity (Wildman–Crippen MR) is 83.6 cm³/mol. The quantitative estimate of drug-likeness (QED) is 0.778. The van der Waals surface area contributed by atoms with Crippen LogP contribution in [0.5, 0.6) is 5.88 Å². The van der Waals surface area contributed by atoms with Gasteiger partial charge in [0.1, 0.15) is 11.6 Å². The van der Waals surface area contributed by atoms with Crippen molar-refractivity contribution in [2.45, 2.75) is 39.5 Å². The highest BCUT2D eigenvalue weighted by molar-refractivity contribution is 5.39. The maximum atomic E-state index is 5.76. The second-order valence-corrected chi connectivity index (χ2v) is 6.20. The van der Waals surface area contributed by atoms with Crippen molar-refractivity contribution < 1.29 is 4.74 Å². The summed E-state index contributed by atoms with van der Waals surface area (Å²) in [5, 5.41) is 3.23. The van der Waals surface area contributed by atoms with Crippen LogP contribution < -0.4 is 10.1 Å². The Bertz CT molecular complexity index is 413. The number of hydrogen-bond donors (Lipinski definition) is 1. The van der Waals surface area contributed by atoms with E-state index in [1.54, 1.807) is 0 Å². The van der Waals surface area contributed by atoms with Crippen molar-refractivity contribution >= 4 is 5.82 Å². The van der Waals surface area contributed by atoms with Gasteiger partial charge in [0.2, 0.25) is 5.88 Å². The second-order valence-electron chi connectivity index (χ2n) is 6.20. The van der Waals surface area contributed by atoms with Gasteiger partial charge in [0.05, 0.1) is 6.61 Å². The number of nitrogens with zero attached hydrogens (tertiary/aromatic N) is 3. The third kappa shape index (κ3) is 5.74. The van der Waals surface area contributed by atoms with Crippen LogP contribution in [0.2, 0.25) is 0 Å². The Hall–Kier alpha value is -1.36. The molecule has 0 fully saturated rings. The maximum absolute atomic E-state index is 5.76. The fraction of sp³-hybridized carbons (Fsp3) is 0.733. The Morgan fingerprint density at radius 2 is 1.95 bits per heavy atom. The topological polar surface area (TPSA) is 50.3 Å². The fourth-order valence-electron chi connectivity index (χ4n) is 1.66. The molecule has 0 aromatic carbocycles. The van der Waals surface area contributed by atoms with Gasteiger partial charge in [-0.15, -0.1) is 0 Å². The standard InChI is InChI=1S/C15H28N4O/c1-7-16-12-11-13(20-10-8-9-19(5)6)18-14(17-12)15(2,3)4/h11H,7-10H2,1-6H3,(H,16,17,18). The first-order chi connectivity index (χ1) is 9.32. The summed E-state index contributed by atoms with van der Waals surface area (Å²) in [6.45, 7) is 10.9. The van der Waals surface area contributed by atoms with Crippen molar-refractivity contribution in [2.75, 3.05) is 39.1 Å². The lowest BCUT2D eigenvalue weighted by Gasteiger charge is -2.19.